The van der Waals surface area contributed by atoms with Gasteiger partial charge in [-0.2, -0.15) is 0 Å². The summed E-state index contributed by atoms with van der Waals surface area (Å²) in [6.07, 6.45) is 0.876. The number of anilines is 2. The fraction of sp³-hybridized carbons (Fsp3) is 0.261. The Balaban J connectivity index is 1.71. The van der Waals surface area contributed by atoms with Crippen LogP contribution >= 0.6 is 11.3 Å². The van der Waals surface area contributed by atoms with E-state index in [2.05, 4.69) is 68.6 Å². The lowest BCUT2D eigenvalue weighted by atomic mass is 9.90. The van der Waals surface area contributed by atoms with Gasteiger partial charge in [-0.05, 0) is 62.4 Å². The van der Waals surface area contributed by atoms with E-state index in [0.717, 1.165) is 22.7 Å². The van der Waals surface area contributed by atoms with Crippen molar-refractivity contribution in [2.24, 2.45) is 0 Å². The molecule has 2 atom stereocenters. The van der Waals surface area contributed by atoms with E-state index < -0.39 is 0 Å². The molecule has 1 aliphatic rings. The zero-order valence-corrected chi connectivity index (χ0v) is 16.7. The smallest absolute Gasteiger partial charge is 0.268 e. The van der Waals surface area contributed by atoms with Gasteiger partial charge in [-0.1, -0.05) is 41.5 Å². The third-order valence-corrected chi connectivity index (χ3v) is 6.04. The van der Waals surface area contributed by atoms with Crippen LogP contribution in [0.2, 0.25) is 0 Å². The number of nitrogens with zero attached hydrogens (tertiary/aromatic N) is 1. The quantitative estimate of drug-likeness (QED) is 0.612. The Bertz CT molecular complexity index is 947. The first-order valence-electron chi connectivity index (χ1n) is 9.34. The molecular formula is C23H24N2OS. The van der Waals surface area contributed by atoms with Gasteiger partial charge in [0.25, 0.3) is 5.91 Å². The number of thiophene rings is 1. The summed E-state index contributed by atoms with van der Waals surface area (Å²) in [4.78, 5) is 15.9. The highest BCUT2D eigenvalue weighted by molar-refractivity contribution is 7.12. The topological polar surface area (TPSA) is 32.3 Å². The minimum Gasteiger partial charge on any atom is -0.378 e. The summed E-state index contributed by atoms with van der Waals surface area (Å²) in [6, 6.07) is 19.0. The molecule has 0 fully saturated rings. The molecule has 2 aromatic carbocycles. The fourth-order valence-corrected chi connectivity index (χ4v) is 4.46. The third-order valence-electron chi connectivity index (χ3n) is 5.18. The van der Waals surface area contributed by atoms with Crippen LogP contribution in [-0.4, -0.2) is 11.9 Å². The van der Waals surface area contributed by atoms with Crippen LogP contribution in [0.3, 0.4) is 0 Å². The monoisotopic (exact) mass is 376 g/mol. The standard InChI is InChI=1S/C23H24N2OS/c1-15-6-9-18(10-7-15)24-20-14-17(3)25(23(26)22-5-4-12-27-22)21-11-8-16(2)13-19(20)21/h4-13,17,20,24H,14H2,1-3H3. The van der Waals surface area contributed by atoms with Crippen molar-refractivity contribution in [3.8, 4) is 0 Å². The number of rotatable bonds is 3. The van der Waals surface area contributed by atoms with Gasteiger partial charge in [0.1, 0.15) is 0 Å². The number of fused-ring (bicyclic) bond motifs is 1. The number of amides is 1. The number of benzene rings is 2. The first-order valence-corrected chi connectivity index (χ1v) is 10.2. The largest absolute Gasteiger partial charge is 0.378 e. The number of carbonyl (C=O) groups excluding carboxylic acids is 1. The SMILES string of the molecule is Cc1ccc(NC2CC(C)N(C(=O)c3cccs3)c3ccc(C)cc32)cc1. The van der Waals surface area contributed by atoms with Gasteiger partial charge in [0.15, 0.2) is 0 Å². The van der Waals surface area contributed by atoms with E-state index in [0.29, 0.717) is 0 Å². The summed E-state index contributed by atoms with van der Waals surface area (Å²) in [5.41, 5.74) is 5.79. The lowest BCUT2D eigenvalue weighted by Crippen LogP contribution is -2.44. The van der Waals surface area contributed by atoms with Crippen molar-refractivity contribution in [3.05, 3.63) is 81.5 Å². The Kier molecular flexibility index (Phi) is 4.75. The molecule has 0 saturated heterocycles. The molecule has 2 heterocycles. The first-order chi connectivity index (χ1) is 13.0. The van der Waals surface area contributed by atoms with E-state index in [1.54, 1.807) is 0 Å². The van der Waals surface area contributed by atoms with Crippen molar-refractivity contribution in [2.45, 2.75) is 39.3 Å². The van der Waals surface area contributed by atoms with Gasteiger partial charge in [-0.25, -0.2) is 0 Å². The average molecular weight is 377 g/mol. The van der Waals surface area contributed by atoms with Crippen LogP contribution < -0.4 is 10.2 Å². The normalized spacial score (nSPS) is 18.9. The molecule has 0 saturated carbocycles. The average Bonchev–Trinajstić information content (AvgIpc) is 3.18. The van der Waals surface area contributed by atoms with Crippen molar-refractivity contribution < 1.29 is 4.79 Å². The van der Waals surface area contributed by atoms with Crippen molar-refractivity contribution in [3.63, 3.8) is 0 Å². The maximum atomic E-state index is 13.1. The summed E-state index contributed by atoms with van der Waals surface area (Å²) in [6.45, 7) is 6.34. The molecular weight excluding hydrogens is 352 g/mol. The molecule has 0 bridgehead atoms. The van der Waals surface area contributed by atoms with Crippen LogP contribution in [0.5, 0.6) is 0 Å². The molecule has 4 rings (SSSR count). The Morgan fingerprint density at radius 1 is 1.07 bits per heavy atom. The van der Waals surface area contributed by atoms with Crippen LogP contribution in [0, 0.1) is 13.8 Å². The van der Waals surface area contributed by atoms with E-state index in [1.807, 2.05) is 22.4 Å². The van der Waals surface area contributed by atoms with E-state index in [4.69, 9.17) is 0 Å². The summed E-state index contributed by atoms with van der Waals surface area (Å²) in [7, 11) is 0. The fourth-order valence-electron chi connectivity index (χ4n) is 3.80. The molecule has 1 N–H and O–H groups in total. The lowest BCUT2D eigenvalue weighted by Gasteiger charge is -2.40. The Labute approximate surface area is 164 Å². The highest BCUT2D eigenvalue weighted by Crippen LogP contribution is 2.40. The number of hydrogen-bond donors (Lipinski definition) is 1. The van der Waals surface area contributed by atoms with Crippen LogP contribution in [0.15, 0.2) is 60.0 Å². The number of hydrogen-bond acceptors (Lipinski definition) is 3. The number of nitrogens with one attached hydrogen (secondary N) is 1. The molecule has 3 aromatic rings. The van der Waals surface area contributed by atoms with E-state index >= 15 is 0 Å². The molecule has 0 radical (unpaired) electrons. The summed E-state index contributed by atoms with van der Waals surface area (Å²) < 4.78 is 0. The Morgan fingerprint density at radius 2 is 1.81 bits per heavy atom. The number of carbonyl (C=O) groups is 1. The van der Waals surface area contributed by atoms with Gasteiger partial charge in [-0.15, -0.1) is 11.3 Å². The molecule has 0 spiro atoms. The van der Waals surface area contributed by atoms with Gasteiger partial charge in [-0.3, -0.25) is 4.79 Å². The third kappa shape index (κ3) is 3.50. The molecule has 3 nitrogen and oxygen atoms in total. The Morgan fingerprint density at radius 3 is 2.52 bits per heavy atom. The van der Waals surface area contributed by atoms with Gasteiger partial charge < -0.3 is 10.2 Å². The van der Waals surface area contributed by atoms with Gasteiger partial charge in [0.05, 0.1) is 10.9 Å². The molecule has 2 unspecified atom stereocenters. The van der Waals surface area contributed by atoms with E-state index in [-0.39, 0.29) is 18.0 Å². The van der Waals surface area contributed by atoms with Crippen molar-refractivity contribution >= 4 is 28.6 Å². The lowest BCUT2D eigenvalue weighted by molar-refractivity contribution is 0.0978. The predicted octanol–water partition coefficient (Wildman–Crippen LogP) is 5.96. The van der Waals surface area contributed by atoms with Crippen molar-refractivity contribution in [1.82, 2.24) is 0 Å². The molecule has 27 heavy (non-hydrogen) atoms. The second kappa shape index (κ2) is 7.20. The van der Waals surface area contributed by atoms with E-state index in [1.165, 1.54) is 28.0 Å². The summed E-state index contributed by atoms with van der Waals surface area (Å²) in [5, 5.41) is 5.64. The molecule has 1 aromatic heterocycles. The molecule has 1 aliphatic heterocycles. The maximum Gasteiger partial charge on any atom is 0.268 e. The van der Waals surface area contributed by atoms with Gasteiger partial charge in [0.2, 0.25) is 0 Å². The highest BCUT2D eigenvalue weighted by atomic mass is 32.1. The highest BCUT2D eigenvalue weighted by Gasteiger charge is 2.34. The molecule has 4 heteroatoms. The number of aryl methyl sites for hydroxylation is 2. The molecule has 1 amide bonds. The van der Waals surface area contributed by atoms with Gasteiger partial charge in [0, 0.05) is 17.4 Å². The first kappa shape index (κ1) is 17.8. The zero-order valence-electron chi connectivity index (χ0n) is 15.9. The summed E-state index contributed by atoms with van der Waals surface area (Å²) in [5.74, 6) is 0.0939. The zero-order chi connectivity index (χ0) is 19.0. The second-order valence-corrected chi connectivity index (χ2v) is 8.31. The minimum absolute atomic E-state index is 0.0939. The van der Waals surface area contributed by atoms with Crippen molar-refractivity contribution in [1.29, 1.82) is 0 Å². The molecule has 0 aliphatic carbocycles. The van der Waals surface area contributed by atoms with Crippen LogP contribution in [0.25, 0.3) is 0 Å². The van der Waals surface area contributed by atoms with Crippen molar-refractivity contribution in [2.75, 3.05) is 10.2 Å². The minimum atomic E-state index is 0.0939. The van der Waals surface area contributed by atoms with Gasteiger partial charge >= 0.3 is 0 Å². The van der Waals surface area contributed by atoms with Crippen LogP contribution in [0.1, 0.15) is 45.7 Å². The van der Waals surface area contributed by atoms with E-state index in [9.17, 15) is 4.79 Å². The second-order valence-electron chi connectivity index (χ2n) is 7.36. The van der Waals surface area contributed by atoms with Crippen LogP contribution in [-0.2, 0) is 0 Å². The molecule has 138 valence electrons. The Hall–Kier alpha value is -2.59. The summed E-state index contributed by atoms with van der Waals surface area (Å²) >= 11 is 1.50. The van der Waals surface area contributed by atoms with Crippen LogP contribution in [0.4, 0.5) is 11.4 Å². The maximum absolute atomic E-state index is 13.1. The predicted molar refractivity (Wildman–Crippen MR) is 114 cm³/mol.